The van der Waals surface area contributed by atoms with Gasteiger partial charge in [0.2, 0.25) is 0 Å². The molecule has 1 heterocycles. The number of benzene rings is 2. The van der Waals surface area contributed by atoms with Crippen molar-refractivity contribution in [3.05, 3.63) is 66.5 Å². The Hall–Kier alpha value is -2.35. The summed E-state index contributed by atoms with van der Waals surface area (Å²) in [6.45, 7) is 2.11. The normalized spacial score (nSPS) is 10.6. The van der Waals surface area contributed by atoms with Gasteiger partial charge < -0.3 is 4.90 Å². The van der Waals surface area contributed by atoms with Gasteiger partial charge in [0, 0.05) is 41.6 Å². The van der Waals surface area contributed by atoms with Crippen molar-refractivity contribution >= 4 is 22.1 Å². The predicted octanol–water partition coefficient (Wildman–Crippen LogP) is 4.31. The smallest absolute Gasteiger partial charge is 0.0491 e. The van der Waals surface area contributed by atoms with Crippen LogP contribution in [0.25, 0.3) is 10.8 Å². The van der Waals surface area contributed by atoms with Crippen LogP contribution >= 0.6 is 0 Å². The van der Waals surface area contributed by atoms with Gasteiger partial charge in [0.1, 0.15) is 0 Å². The lowest BCUT2D eigenvalue weighted by Gasteiger charge is -2.22. The lowest BCUT2D eigenvalue weighted by atomic mass is 10.1. The van der Waals surface area contributed by atoms with E-state index < -0.39 is 0 Å². The molecular weight excluding hydrogens is 232 g/mol. The summed E-state index contributed by atoms with van der Waals surface area (Å²) in [5.74, 6) is 0. The van der Waals surface area contributed by atoms with E-state index in [9.17, 15) is 0 Å². The summed E-state index contributed by atoms with van der Waals surface area (Å²) in [6, 6.07) is 16.7. The molecule has 19 heavy (non-hydrogen) atoms. The zero-order valence-corrected chi connectivity index (χ0v) is 11.2. The topological polar surface area (TPSA) is 16.1 Å². The largest absolute Gasteiger partial charge is 0.344 e. The molecule has 0 unspecified atom stereocenters. The van der Waals surface area contributed by atoms with E-state index in [0.29, 0.717) is 0 Å². The quantitative estimate of drug-likeness (QED) is 0.671. The molecule has 0 spiro atoms. The first kappa shape index (κ1) is 11.7. The molecule has 2 heteroatoms. The molecule has 94 valence electrons. The fourth-order valence-corrected chi connectivity index (χ4v) is 2.46. The summed E-state index contributed by atoms with van der Waals surface area (Å²) in [7, 11) is 2.10. The molecule has 3 rings (SSSR count). The second kappa shape index (κ2) is 4.73. The molecule has 0 saturated heterocycles. The number of aromatic nitrogens is 1. The van der Waals surface area contributed by atoms with Gasteiger partial charge >= 0.3 is 0 Å². The highest BCUT2D eigenvalue weighted by Crippen LogP contribution is 2.32. The summed E-state index contributed by atoms with van der Waals surface area (Å²) < 4.78 is 0. The third-order valence-corrected chi connectivity index (χ3v) is 3.46. The number of nitrogens with zero attached hydrogens (tertiary/aromatic N) is 2. The van der Waals surface area contributed by atoms with Gasteiger partial charge in [-0.25, -0.2) is 0 Å². The fraction of sp³-hybridized carbons (Fsp3) is 0.118. The molecule has 0 bridgehead atoms. The predicted molar refractivity (Wildman–Crippen MR) is 81.0 cm³/mol. The number of hydrogen-bond donors (Lipinski definition) is 0. The van der Waals surface area contributed by atoms with Crippen molar-refractivity contribution in [3.8, 4) is 0 Å². The zero-order chi connectivity index (χ0) is 13.2. The lowest BCUT2D eigenvalue weighted by molar-refractivity contribution is 1.21. The molecule has 0 amide bonds. The van der Waals surface area contributed by atoms with Crippen LogP contribution in [0.1, 0.15) is 5.56 Å². The maximum Gasteiger partial charge on any atom is 0.0491 e. The second-order valence-corrected chi connectivity index (χ2v) is 4.73. The molecule has 0 radical (unpaired) electrons. The molecule has 0 saturated carbocycles. The average Bonchev–Trinajstić information content (AvgIpc) is 2.47. The van der Waals surface area contributed by atoms with E-state index in [0.717, 1.165) is 0 Å². The van der Waals surface area contributed by atoms with Gasteiger partial charge in [0.05, 0.1) is 0 Å². The molecule has 2 nitrogen and oxygen atoms in total. The van der Waals surface area contributed by atoms with Crippen molar-refractivity contribution < 1.29 is 0 Å². The van der Waals surface area contributed by atoms with Crippen molar-refractivity contribution in [3.63, 3.8) is 0 Å². The Labute approximate surface area is 113 Å². The van der Waals surface area contributed by atoms with Crippen LogP contribution in [0.2, 0.25) is 0 Å². The molecular formula is C17H16N2. The third-order valence-electron chi connectivity index (χ3n) is 3.46. The molecule has 3 aromatic rings. The molecule has 0 atom stereocenters. The molecule has 0 aliphatic carbocycles. The number of para-hydroxylation sites is 1. The van der Waals surface area contributed by atoms with Gasteiger partial charge in [0.25, 0.3) is 0 Å². The van der Waals surface area contributed by atoms with Gasteiger partial charge in [-0.3, -0.25) is 4.98 Å². The molecule has 1 aromatic heterocycles. The van der Waals surface area contributed by atoms with E-state index in [1.54, 1.807) is 0 Å². The molecule has 0 aliphatic heterocycles. The average molecular weight is 248 g/mol. The second-order valence-electron chi connectivity index (χ2n) is 4.73. The molecule has 0 fully saturated rings. The van der Waals surface area contributed by atoms with E-state index in [1.165, 1.54) is 27.7 Å². The number of rotatable bonds is 2. The number of anilines is 2. The zero-order valence-electron chi connectivity index (χ0n) is 11.2. The first-order chi connectivity index (χ1) is 9.27. The van der Waals surface area contributed by atoms with E-state index in [-0.39, 0.29) is 0 Å². The van der Waals surface area contributed by atoms with E-state index in [2.05, 4.69) is 66.3 Å². The van der Waals surface area contributed by atoms with Gasteiger partial charge in [0.15, 0.2) is 0 Å². The van der Waals surface area contributed by atoms with Gasteiger partial charge in [-0.15, -0.1) is 0 Å². The molecule has 0 N–H and O–H groups in total. The summed E-state index contributed by atoms with van der Waals surface area (Å²) in [4.78, 5) is 6.48. The first-order valence-corrected chi connectivity index (χ1v) is 6.39. The van der Waals surface area contributed by atoms with Crippen molar-refractivity contribution in [1.82, 2.24) is 4.98 Å². The van der Waals surface area contributed by atoms with Gasteiger partial charge in [-0.2, -0.15) is 0 Å². The van der Waals surface area contributed by atoms with Gasteiger partial charge in [-0.05, 0) is 30.7 Å². The van der Waals surface area contributed by atoms with Crippen LogP contribution in [0.5, 0.6) is 0 Å². The van der Waals surface area contributed by atoms with Crippen molar-refractivity contribution in [2.24, 2.45) is 0 Å². The maximum atomic E-state index is 4.27. The number of aryl methyl sites for hydroxylation is 1. The Kier molecular flexibility index (Phi) is 2.92. The number of pyridine rings is 1. The molecule has 0 aliphatic rings. The van der Waals surface area contributed by atoms with E-state index in [4.69, 9.17) is 0 Å². The van der Waals surface area contributed by atoms with Gasteiger partial charge in [-0.1, -0.05) is 30.3 Å². The Balaban J connectivity index is 2.21. The fourth-order valence-electron chi connectivity index (χ4n) is 2.46. The SMILES string of the molecule is Cc1cncc2cccc(N(C)c3ccccc3)c12. The summed E-state index contributed by atoms with van der Waals surface area (Å²) >= 11 is 0. The van der Waals surface area contributed by atoms with Crippen molar-refractivity contribution in [1.29, 1.82) is 0 Å². The summed E-state index contributed by atoms with van der Waals surface area (Å²) in [5, 5.41) is 2.45. The highest BCUT2D eigenvalue weighted by Gasteiger charge is 2.09. The van der Waals surface area contributed by atoms with E-state index in [1.807, 2.05) is 18.5 Å². The first-order valence-electron chi connectivity index (χ1n) is 6.39. The Bertz CT molecular complexity index is 700. The Morgan fingerprint density at radius 3 is 2.47 bits per heavy atom. The van der Waals surface area contributed by atoms with Crippen LogP contribution in [-0.4, -0.2) is 12.0 Å². The lowest BCUT2D eigenvalue weighted by Crippen LogP contribution is -2.10. The third kappa shape index (κ3) is 2.06. The van der Waals surface area contributed by atoms with Crippen LogP contribution < -0.4 is 4.90 Å². The maximum absolute atomic E-state index is 4.27. The number of fused-ring (bicyclic) bond motifs is 1. The van der Waals surface area contributed by atoms with Crippen molar-refractivity contribution in [2.75, 3.05) is 11.9 Å². The Morgan fingerprint density at radius 1 is 0.895 bits per heavy atom. The molecule has 2 aromatic carbocycles. The van der Waals surface area contributed by atoms with E-state index >= 15 is 0 Å². The van der Waals surface area contributed by atoms with Crippen LogP contribution in [-0.2, 0) is 0 Å². The van der Waals surface area contributed by atoms with Crippen molar-refractivity contribution in [2.45, 2.75) is 6.92 Å². The highest BCUT2D eigenvalue weighted by molar-refractivity contribution is 5.97. The van der Waals surface area contributed by atoms with Crippen LogP contribution in [0.3, 0.4) is 0 Å². The minimum absolute atomic E-state index is 1.18. The van der Waals surface area contributed by atoms with Crippen LogP contribution in [0, 0.1) is 6.92 Å². The number of hydrogen-bond acceptors (Lipinski definition) is 2. The Morgan fingerprint density at radius 2 is 1.68 bits per heavy atom. The summed E-state index contributed by atoms with van der Waals surface area (Å²) in [5.41, 5.74) is 3.60. The summed E-state index contributed by atoms with van der Waals surface area (Å²) in [6.07, 6.45) is 3.84. The minimum Gasteiger partial charge on any atom is -0.344 e. The van der Waals surface area contributed by atoms with Crippen LogP contribution in [0.15, 0.2) is 60.9 Å². The van der Waals surface area contributed by atoms with Crippen LogP contribution in [0.4, 0.5) is 11.4 Å². The monoisotopic (exact) mass is 248 g/mol. The standard InChI is InChI=1S/C17H16N2/c1-13-11-18-12-14-7-6-10-16(17(13)14)19(2)15-8-4-3-5-9-15/h3-12H,1-2H3. The minimum atomic E-state index is 1.18. The highest BCUT2D eigenvalue weighted by atomic mass is 15.1.